The molecular formula is C13H24N4. The van der Waals surface area contributed by atoms with Crippen LogP contribution in [0.15, 0.2) is 0 Å². The maximum atomic E-state index is 4.63. The van der Waals surface area contributed by atoms with Crippen LogP contribution < -0.4 is 5.32 Å². The number of aromatic nitrogens is 2. The Kier molecular flexibility index (Phi) is 3.84. The molecule has 1 N–H and O–H groups in total. The van der Waals surface area contributed by atoms with E-state index in [0.717, 1.165) is 25.7 Å². The molecule has 2 rings (SSSR count). The molecule has 4 nitrogen and oxygen atoms in total. The Morgan fingerprint density at radius 1 is 1.35 bits per heavy atom. The minimum atomic E-state index is 0.763. The van der Waals surface area contributed by atoms with E-state index in [-0.39, 0.29) is 0 Å². The molecule has 0 aromatic carbocycles. The first-order valence-electron chi connectivity index (χ1n) is 6.49. The average Bonchev–Trinajstić information content (AvgIpc) is 3.03. The van der Waals surface area contributed by atoms with Crippen molar-refractivity contribution < 1.29 is 0 Å². The molecule has 0 amide bonds. The lowest BCUT2D eigenvalue weighted by Gasteiger charge is -2.11. The van der Waals surface area contributed by atoms with Gasteiger partial charge in [-0.2, -0.15) is 5.10 Å². The van der Waals surface area contributed by atoms with Crippen molar-refractivity contribution in [1.82, 2.24) is 20.0 Å². The van der Waals surface area contributed by atoms with Crippen LogP contribution in [-0.2, 0) is 13.1 Å². The summed E-state index contributed by atoms with van der Waals surface area (Å²) in [5.41, 5.74) is 3.88. The van der Waals surface area contributed by atoms with Crippen LogP contribution in [0.25, 0.3) is 0 Å². The molecule has 1 heterocycles. The summed E-state index contributed by atoms with van der Waals surface area (Å²) in [5, 5.41) is 8.20. The standard InChI is InChI=1S/C13H24N4/c1-10-13(9-14-12-5-6-12)11(2)17(15-10)8-7-16(3)4/h12,14H,5-9H2,1-4H3. The molecule has 1 aliphatic rings. The lowest BCUT2D eigenvalue weighted by atomic mass is 10.2. The summed E-state index contributed by atoms with van der Waals surface area (Å²) in [7, 11) is 4.20. The summed E-state index contributed by atoms with van der Waals surface area (Å²) in [6.45, 7) is 7.29. The molecule has 0 bridgehead atoms. The van der Waals surface area contributed by atoms with Gasteiger partial charge in [0.15, 0.2) is 0 Å². The molecule has 1 saturated carbocycles. The molecule has 0 aliphatic heterocycles. The molecule has 0 atom stereocenters. The van der Waals surface area contributed by atoms with Crippen LogP contribution >= 0.6 is 0 Å². The van der Waals surface area contributed by atoms with Gasteiger partial charge < -0.3 is 10.2 Å². The average molecular weight is 236 g/mol. The van der Waals surface area contributed by atoms with Crippen LogP contribution in [0.1, 0.15) is 29.8 Å². The zero-order chi connectivity index (χ0) is 12.4. The number of nitrogens with one attached hydrogen (secondary N) is 1. The molecular weight excluding hydrogens is 212 g/mol. The number of likely N-dealkylation sites (N-methyl/N-ethyl adjacent to an activating group) is 1. The maximum absolute atomic E-state index is 4.63. The first-order valence-corrected chi connectivity index (χ1v) is 6.49. The monoisotopic (exact) mass is 236 g/mol. The predicted molar refractivity (Wildman–Crippen MR) is 70.1 cm³/mol. The Morgan fingerprint density at radius 2 is 2.06 bits per heavy atom. The second-order valence-electron chi connectivity index (χ2n) is 5.33. The van der Waals surface area contributed by atoms with Gasteiger partial charge in [0, 0.05) is 30.4 Å². The van der Waals surface area contributed by atoms with Crippen LogP contribution in [0.2, 0.25) is 0 Å². The first kappa shape index (κ1) is 12.6. The van der Waals surface area contributed by atoms with E-state index >= 15 is 0 Å². The van der Waals surface area contributed by atoms with Crippen molar-refractivity contribution in [2.45, 2.75) is 45.8 Å². The second-order valence-corrected chi connectivity index (χ2v) is 5.33. The molecule has 1 aliphatic carbocycles. The van der Waals surface area contributed by atoms with Gasteiger partial charge in [-0.3, -0.25) is 4.68 Å². The maximum Gasteiger partial charge on any atom is 0.0641 e. The number of nitrogens with zero attached hydrogens (tertiary/aromatic N) is 3. The van der Waals surface area contributed by atoms with Gasteiger partial charge in [-0.15, -0.1) is 0 Å². The van der Waals surface area contributed by atoms with Crippen molar-refractivity contribution >= 4 is 0 Å². The van der Waals surface area contributed by atoms with Crippen LogP contribution in [0.5, 0.6) is 0 Å². The normalized spacial score (nSPS) is 15.8. The Bertz CT molecular complexity index is 377. The van der Waals surface area contributed by atoms with Crippen molar-refractivity contribution in [3.8, 4) is 0 Å². The van der Waals surface area contributed by atoms with E-state index in [2.05, 4.69) is 47.9 Å². The molecule has 1 aromatic heterocycles. The largest absolute Gasteiger partial charge is 0.310 e. The fourth-order valence-electron chi connectivity index (χ4n) is 2.04. The summed E-state index contributed by atoms with van der Waals surface area (Å²) in [5.74, 6) is 0. The number of hydrogen-bond acceptors (Lipinski definition) is 3. The van der Waals surface area contributed by atoms with Gasteiger partial charge in [0.25, 0.3) is 0 Å². The molecule has 4 heteroatoms. The number of rotatable bonds is 6. The quantitative estimate of drug-likeness (QED) is 0.808. The number of hydrogen-bond donors (Lipinski definition) is 1. The molecule has 0 saturated heterocycles. The molecule has 17 heavy (non-hydrogen) atoms. The summed E-state index contributed by atoms with van der Waals surface area (Å²) < 4.78 is 2.14. The van der Waals surface area contributed by atoms with Crippen molar-refractivity contribution in [3.05, 3.63) is 17.0 Å². The molecule has 0 spiro atoms. The fourth-order valence-corrected chi connectivity index (χ4v) is 2.04. The zero-order valence-corrected chi connectivity index (χ0v) is 11.5. The third-order valence-corrected chi connectivity index (χ3v) is 3.44. The highest BCUT2D eigenvalue weighted by Crippen LogP contribution is 2.20. The minimum absolute atomic E-state index is 0.763. The highest BCUT2D eigenvalue weighted by Gasteiger charge is 2.21. The van der Waals surface area contributed by atoms with Gasteiger partial charge in [0.1, 0.15) is 0 Å². The summed E-state index contributed by atoms with van der Waals surface area (Å²) in [4.78, 5) is 2.19. The highest BCUT2D eigenvalue weighted by molar-refractivity contribution is 5.24. The Labute approximate surface area is 104 Å². The van der Waals surface area contributed by atoms with E-state index in [4.69, 9.17) is 0 Å². The van der Waals surface area contributed by atoms with E-state index < -0.39 is 0 Å². The second kappa shape index (κ2) is 5.19. The van der Waals surface area contributed by atoms with Crippen molar-refractivity contribution in [3.63, 3.8) is 0 Å². The Hall–Kier alpha value is -0.870. The van der Waals surface area contributed by atoms with Gasteiger partial charge in [0.2, 0.25) is 0 Å². The fraction of sp³-hybridized carbons (Fsp3) is 0.769. The van der Waals surface area contributed by atoms with Gasteiger partial charge >= 0.3 is 0 Å². The summed E-state index contributed by atoms with van der Waals surface area (Å²) in [6.07, 6.45) is 2.68. The van der Waals surface area contributed by atoms with E-state index in [0.29, 0.717) is 0 Å². The van der Waals surface area contributed by atoms with Crippen molar-refractivity contribution in [2.24, 2.45) is 0 Å². The lowest BCUT2D eigenvalue weighted by Crippen LogP contribution is -2.20. The highest BCUT2D eigenvalue weighted by atomic mass is 15.3. The first-order chi connectivity index (χ1) is 8.08. The third kappa shape index (κ3) is 3.30. The van der Waals surface area contributed by atoms with Crippen LogP contribution in [0, 0.1) is 13.8 Å². The van der Waals surface area contributed by atoms with Gasteiger partial charge in [-0.25, -0.2) is 0 Å². The molecule has 0 radical (unpaired) electrons. The van der Waals surface area contributed by atoms with E-state index in [1.54, 1.807) is 0 Å². The zero-order valence-electron chi connectivity index (χ0n) is 11.5. The molecule has 1 aromatic rings. The van der Waals surface area contributed by atoms with Crippen LogP contribution in [0.3, 0.4) is 0 Å². The molecule has 1 fully saturated rings. The smallest absolute Gasteiger partial charge is 0.0641 e. The Balaban J connectivity index is 1.99. The van der Waals surface area contributed by atoms with Gasteiger partial charge in [-0.1, -0.05) is 0 Å². The molecule has 0 unspecified atom stereocenters. The summed E-state index contributed by atoms with van der Waals surface area (Å²) in [6, 6.07) is 0.763. The van der Waals surface area contributed by atoms with Crippen LogP contribution in [-0.4, -0.2) is 41.4 Å². The third-order valence-electron chi connectivity index (χ3n) is 3.44. The topological polar surface area (TPSA) is 33.1 Å². The SMILES string of the molecule is Cc1nn(CCN(C)C)c(C)c1CNC1CC1. The lowest BCUT2D eigenvalue weighted by molar-refractivity contribution is 0.370. The summed E-state index contributed by atoms with van der Waals surface area (Å²) >= 11 is 0. The van der Waals surface area contributed by atoms with Crippen LogP contribution in [0.4, 0.5) is 0 Å². The van der Waals surface area contributed by atoms with Gasteiger partial charge in [0.05, 0.1) is 12.2 Å². The molecule has 96 valence electrons. The van der Waals surface area contributed by atoms with E-state index in [1.807, 2.05) is 0 Å². The predicted octanol–water partition coefficient (Wildman–Crippen LogP) is 1.31. The van der Waals surface area contributed by atoms with Crippen molar-refractivity contribution in [2.75, 3.05) is 20.6 Å². The van der Waals surface area contributed by atoms with E-state index in [1.165, 1.54) is 29.8 Å². The number of aryl methyl sites for hydroxylation is 1. The van der Waals surface area contributed by atoms with Crippen molar-refractivity contribution in [1.29, 1.82) is 0 Å². The van der Waals surface area contributed by atoms with E-state index in [9.17, 15) is 0 Å². The van der Waals surface area contributed by atoms with Gasteiger partial charge in [-0.05, 0) is 40.8 Å². The Morgan fingerprint density at radius 3 is 2.65 bits per heavy atom. The minimum Gasteiger partial charge on any atom is -0.310 e.